The molecule has 1 fully saturated rings. The van der Waals surface area contributed by atoms with Crippen LogP contribution in [0, 0.1) is 6.92 Å². The van der Waals surface area contributed by atoms with Gasteiger partial charge in [0.1, 0.15) is 6.10 Å². The van der Waals surface area contributed by atoms with Crippen LogP contribution >= 0.6 is 11.6 Å². The van der Waals surface area contributed by atoms with E-state index in [4.69, 9.17) is 21.1 Å². The Kier molecular flexibility index (Phi) is 3.06. The van der Waals surface area contributed by atoms with E-state index in [9.17, 15) is 0 Å². The molecule has 0 atom stereocenters. The zero-order valence-electron chi connectivity index (χ0n) is 9.00. The molecule has 82 valence electrons. The first-order valence-electron chi connectivity index (χ1n) is 5.14. The Hall–Kier alpha value is -0.890. The highest BCUT2D eigenvalue weighted by Gasteiger charge is 2.29. The summed E-state index contributed by atoms with van der Waals surface area (Å²) in [4.78, 5) is 0. The summed E-state index contributed by atoms with van der Waals surface area (Å²) in [5.41, 5.74) is 1.17. The van der Waals surface area contributed by atoms with Crippen molar-refractivity contribution in [3.63, 3.8) is 0 Å². The van der Waals surface area contributed by atoms with E-state index in [0.717, 1.165) is 24.3 Å². The van der Waals surface area contributed by atoms with Crippen molar-refractivity contribution < 1.29 is 9.47 Å². The maximum absolute atomic E-state index is 5.90. The molecule has 1 aromatic rings. The SMILES string of the molecule is COc1cc(C)ccc1OC1CC(Cl)C1. The Balaban J connectivity index is 2.07. The van der Waals surface area contributed by atoms with Gasteiger partial charge in [-0.25, -0.2) is 0 Å². The van der Waals surface area contributed by atoms with Crippen molar-refractivity contribution in [3.05, 3.63) is 23.8 Å². The lowest BCUT2D eigenvalue weighted by Gasteiger charge is -2.31. The number of methoxy groups -OCH3 is 1. The van der Waals surface area contributed by atoms with Gasteiger partial charge >= 0.3 is 0 Å². The molecular weight excluding hydrogens is 212 g/mol. The molecule has 0 unspecified atom stereocenters. The smallest absolute Gasteiger partial charge is 0.161 e. The van der Waals surface area contributed by atoms with Crippen molar-refractivity contribution in [3.8, 4) is 11.5 Å². The van der Waals surface area contributed by atoms with E-state index in [1.54, 1.807) is 7.11 Å². The van der Waals surface area contributed by atoms with Crippen LogP contribution < -0.4 is 9.47 Å². The van der Waals surface area contributed by atoms with Crippen LogP contribution in [0.15, 0.2) is 18.2 Å². The Labute approximate surface area is 95.1 Å². The number of benzene rings is 1. The molecule has 1 saturated carbocycles. The molecule has 2 nitrogen and oxygen atoms in total. The van der Waals surface area contributed by atoms with Gasteiger partial charge < -0.3 is 9.47 Å². The molecule has 15 heavy (non-hydrogen) atoms. The van der Waals surface area contributed by atoms with Gasteiger partial charge in [-0.05, 0) is 24.6 Å². The molecule has 0 amide bonds. The summed E-state index contributed by atoms with van der Waals surface area (Å²) in [5.74, 6) is 1.62. The summed E-state index contributed by atoms with van der Waals surface area (Å²) in [6, 6.07) is 5.95. The lowest BCUT2D eigenvalue weighted by atomic mass is 9.95. The highest BCUT2D eigenvalue weighted by Crippen LogP contribution is 2.34. The average molecular weight is 227 g/mol. The molecule has 0 aliphatic heterocycles. The highest BCUT2D eigenvalue weighted by atomic mass is 35.5. The van der Waals surface area contributed by atoms with Crippen molar-refractivity contribution in [2.24, 2.45) is 0 Å². The first-order valence-corrected chi connectivity index (χ1v) is 5.58. The maximum atomic E-state index is 5.90. The predicted molar refractivity (Wildman–Crippen MR) is 61.0 cm³/mol. The van der Waals surface area contributed by atoms with Crippen molar-refractivity contribution in [2.75, 3.05) is 7.11 Å². The summed E-state index contributed by atoms with van der Waals surface area (Å²) in [6.45, 7) is 2.03. The molecule has 0 aromatic heterocycles. The maximum Gasteiger partial charge on any atom is 0.161 e. The second kappa shape index (κ2) is 4.31. The van der Waals surface area contributed by atoms with Gasteiger partial charge in [0.25, 0.3) is 0 Å². The number of alkyl halides is 1. The number of hydrogen-bond donors (Lipinski definition) is 0. The predicted octanol–water partition coefficient (Wildman–Crippen LogP) is 3.15. The van der Waals surface area contributed by atoms with E-state index in [0.29, 0.717) is 0 Å². The standard InChI is InChI=1S/C12H15ClO2/c1-8-3-4-11(12(5-8)14-2)15-10-6-9(13)7-10/h3-5,9-10H,6-7H2,1-2H3. The number of rotatable bonds is 3. The Morgan fingerprint density at radius 3 is 2.60 bits per heavy atom. The number of halogens is 1. The van der Waals surface area contributed by atoms with Gasteiger partial charge in [-0.3, -0.25) is 0 Å². The second-order valence-electron chi connectivity index (χ2n) is 3.96. The third-order valence-corrected chi connectivity index (χ3v) is 3.01. The summed E-state index contributed by atoms with van der Waals surface area (Å²) in [7, 11) is 1.66. The number of ether oxygens (including phenoxy) is 2. The van der Waals surface area contributed by atoms with Crippen LogP contribution in [0.1, 0.15) is 18.4 Å². The third kappa shape index (κ3) is 2.37. The van der Waals surface area contributed by atoms with Crippen molar-refractivity contribution in [1.29, 1.82) is 0 Å². The van der Waals surface area contributed by atoms with Crippen molar-refractivity contribution >= 4 is 11.6 Å². The molecular formula is C12H15ClO2. The molecule has 0 heterocycles. The van der Waals surface area contributed by atoms with Crippen LogP contribution in [0.5, 0.6) is 11.5 Å². The van der Waals surface area contributed by atoms with Crippen LogP contribution in [0.4, 0.5) is 0 Å². The van der Waals surface area contributed by atoms with Crippen LogP contribution in [0.2, 0.25) is 0 Å². The highest BCUT2D eigenvalue weighted by molar-refractivity contribution is 6.21. The Morgan fingerprint density at radius 2 is 2.00 bits per heavy atom. The quantitative estimate of drug-likeness (QED) is 0.738. The van der Waals surface area contributed by atoms with Gasteiger partial charge in [0.15, 0.2) is 11.5 Å². The summed E-state index contributed by atoms with van der Waals surface area (Å²) in [6.07, 6.45) is 2.11. The molecule has 0 bridgehead atoms. The van der Waals surface area contributed by atoms with Gasteiger partial charge in [0, 0.05) is 18.2 Å². The first-order chi connectivity index (χ1) is 7.19. The fourth-order valence-corrected chi connectivity index (χ4v) is 2.05. The van der Waals surface area contributed by atoms with E-state index >= 15 is 0 Å². The van der Waals surface area contributed by atoms with Gasteiger partial charge in [0.05, 0.1) is 7.11 Å². The van der Waals surface area contributed by atoms with E-state index in [-0.39, 0.29) is 11.5 Å². The monoisotopic (exact) mass is 226 g/mol. The molecule has 0 N–H and O–H groups in total. The molecule has 1 aromatic carbocycles. The zero-order chi connectivity index (χ0) is 10.8. The van der Waals surface area contributed by atoms with Crippen LogP contribution in [-0.4, -0.2) is 18.6 Å². The number of aryl methyl sites for hydroxylation is 1. The normalized spacial score (nSPS) is 24.5. The summed E-state index contributed by atoms with van der Waals surface area (Å²) >= 11 is 5.90. The van der Waals surface area contributed by atoms with E-state index in [2.05, 4.69) is 0 Å². The van der Waals surface area contributed by atoms with Gasteiger partial charge in [-0.2, -0.15) is 0 Å². The van der Waals surface area contributed by atoms with E-state index < -0.39 is 0 Å². The molecule has 0 radical (unpaired) electrons. The van der Waals surface area contributed by atoms with Crippen LogP contribution in [-0.2, 0) is 0 Å². The van der Waals surface area contributed by atoms with Gasteiger partial charge in [0.2, 0.25) is 0 Å². The minimum atomic E-state index is 0.254. The summed E-state index contributed by atoms with van der Waals surface area (Å²) in [5, 5.41) is 0.284. The first kappa shape index (κ1) is 10.6. The van der Waals surface area contributed by atoms with E-state index in [1.807, 2.05) is 25.1 Å². The minimum absolute atomic E-state index is 0.254. The third-order valence-electron chi connectivity index (χ3n) is 2.65. The molecule has 1 aliphatic carbocycles. The number of hydrogen-bond acceptors (Lipinski definition) is 2. The van der Waals surface area contributed by atoms with Crippen molar-refractivity contribution in [2.45, 2.75) is 31.2 Å². The molecule has 2 rings (SSSR count). The lowest BCUT2D eigenvalue weighted by molar-refractivity contribution is 0.120. The second-order valence-corrected chi connectivity index (χ2v) is 4.58. The average Bonchev–Trinajstić information content (AvgIpc) is 2.18. The van der Waals surface area contributed by atoms with Crippen LogP contribution in [0.25, 0.3) is 0 Å². The zero-order valence-corrected chi connectivity index (χ0v) is 9.75. The molecule has 0 saturated heterocycles. The van der Waals surface area contributed by atoms with Gasteiger partial charge in [-0.1, -0.05) is 6.07 Å². The van der Waals surface area contributed by atoms with E-state index in [1.165, 1.54) is 5.56 Å². The van der Waals surface area contributed by atoms with Gasteiger partial charge in [-0.15, -0.1) is 11.6 Å². The summed E-state index contributed by atoms with van der Waals surface area (Å²) < 4.78 is 11.1. The Morgan fingerprint density at radius 1 is 1.27 bits per heavy atom. The minimum Gasteiger partial charge on any atom is -0.493 e. The van der Waals surface area contributed by atoms with Crippen molar-refractivity contribution in [1.82, 2.24) is 0 Å². The molecule has 1 aliphatic rings. The Bertz CT molecular complexity index is 345. The fourth-order valence-electron chi connectivity index (χ4n) is 1.65. The largest absolute Gasteiger partial charge is 0.493 e. The lowest BCUT2D eigenvalue weighted by Crippen LogP contribution is -2.34. The molecule has 0 spiro atoms. The molecule has 3 heteroatoms. The topological polar surface area (TPSA) is 18.5 Å². The fraction of sp³-hybridized carbons (Fsp3) is 0.500. The van der Waals surface area contributed by atoms with Crippen LogP contribution in [0.3, 0.4) is 0 Å².